The Balaban J connectivity index is 2.04. The number of likely N-dealkylation sites (tertiary alicyclic amines) is 1. The number of carbonyl (C=O) groups is 3. The average Bonchev–Trinajstić information content (AvgIpc) is 2.73. The van der Waals surface area contributed by atoms with Gasteiger partial charge in [-0.15, -0.1) is 0 Å². The third kappa shape index (κ3) is 3.38. The second-order valence-electron chi connectivity index (χ2n) is 5.73. The van der Waals surface area contributed by atoms with Crippen LogP contribution in [-0.4, -0.2) is 34.7 Å². The van der Waals surface area contributed by atoms with Crippen LogP contribution in [0.25, 0.3) is 0 Å². The Morgan fingerprint density at radius 2 is 1.82 bits per heavy atom. The van der Waals surface area contributed by atoms with Crippen molar-refractivity contribution in [2.24, 2.45) is 0 Å². The van der Waals surface area contributed by atoms with Gasteiger partial charge in [0.2, 0.25) is 11.8 Å². The molecule has 1 aliphatic heterocycles. The first-order chi connectivity index (χ1) is 10.3. The van der Waals surface area contributed by atoms with Crippen molar-refractivity contribution in [3.8, 4) is 0 Å². The lowest BCUT2D eigenvalue weighted by molar-refractivity contribution is -0.141. The molecule has 118 valence electrons. The summed E-state index contributed by atoms with van der Waals surface area (Å²) in [5.41, 5.74) is 0.859. The van der Waals surface area contributed by atoms with E-state index in [2.05, 4.69) is 21.2 Å². The normalized spacial score (nSPS) is 19.7. The SMILES string of the molecule is CC(C(=O)NC1CC(=O)N(C(C)C)C1=O)c1ccc(Br)cc1. The predicted molar refractivity (Wildman–Crippen MR) is 86.1 cm³/mol. The van der Waals surface area contributed by atoms with Gasteiger partial charge in [0, 0.05) is 10.5 Å². The summed E-state index contributed by atoms with van der Waals surface area (Å²) in [7, 11) is 0. The molecule has 2 unspecified atom stereocenters. The smallest absolute Gasteiger partial charge is 0.252 e. The van der Waals surface area contributed by atoms with E-state index >= 15 is 0 Å². The molecule has 3 amide bonds. The van der Waals surface area contributed by atoms with Gasteiger partial charge in [0.1, 0.15) is 6.04 Å². The van der Waals surface area contributed by atoms with E-state index in [4.69, 9.17) is 0 Å². The number of nitrogens with one attached hydrogen (secondary N) is 1. The topological polar surface area (TPSA) is 66.5 Å². The Morgan fingerprint density at radius 1 is 1.23 bits per heavy atom. The van der Waals surface area contributed by atoms with E-state index in [1.807, 2.05) is 24.3 Å². The molecule has 1 heterocycles. The molecule has 0 aliphatic carbocycles. The molecule has 1 aliphatic rings. The monoisotopic (exact) mass is 366 g/mol. The van der Waals surface area contributed by atoms with Gasteiger partial charge in [-0.1, -0.05) is 28.1 Å². The van der Waals surface area contributed by atoms with Gasteiger partial charge >= 0.3 is 0 Å². The highest BCUT2D eigenvalue weighted by atomic mass is 79.9. The minimum Gasteiger partial charge on any atom is -0.343 e. The van der Waals surface area contributed by atoms with E-state index < -0.39 is 6.04 Å². The molecule has 2 rings (SSSR count). The van der Waals surface area contributed by atoms with Crippen LogP contribution < -0.4 is 5.32 Å². The Bertz CT molecular complexity index is 598. The number of benzene rings is 1. The maximum Gasteiger partial charge on any atom is 0.252 e. The van der Waals surface area contributed by atoms with Gasteiger partial charge in [-0.25, -0.2) is 0 Å². The average molecular weight is 367 g/mol. The molecule has 2 atom stereocenters. The van der Waals surface area contributed by atoms with Crippen LogP contribution in [0.4, 0.5) is 0 Å². The van der Waals surface area contributed by atoms with Crippen molar-refractivity contribution < 1.29 is 14.4 Å². The molecule has 1 aromatic carbocycles. The van der Waals surface area contributed by atoms with Gasteiger partial charge in [0.05, 0.1) is 12.3 Å². The molecule has 0 aromatic heterocycles. The number of amides is 3. The number of rotatable bonds is 4. The number of carbonyl (C=O) groups excluding carboxylic acids is 3. The van der Waals surface area contributed by atoms with Crippen molar-refractivity contribution in [3.63, 3.8) is 0 Å². The summed E-state index contributed by atoms with van der Waals surface area (Å²) < 4.78 is 0.938. The first-order valence-electron chi connectivity index (χ1n) is 7.23. The molecule has 0 radical (unpaired) electrons. The quantitative estimate of drug-likeness (QED) is 0.830. The number of hydrogen-bond acceptors (Lipinski definition) is 3. The molecule has 6 heteroatoms. The first-order valence-corrected chi connectivity index (χ1v) is 8.02. The summed E-state index contributed by atoms with van der Waals surface area (Å²) in [6.07, 6.45) is 0.0375. The summed E-state index contributed by atoms with van der Waals surface area (Å²) in [5, 5.41) is 2.69. The van der Waals surface area contributed by atoms with Crippen molar-refractivity contribution in [2.45, 2.75) is 45.2 Å². The van der Waals surface area contributed by atoms with Crippen LogP contribution in [0.2, 0.25) is 0 Å². The molecule has 1 saturated heterocycles. The van der Waals surface area contributed by atoms with Gasteiger partial charge < -0.3 is 5.32 Å². The maximum atomic E-state index is 12.3. The molecular formula is C16H19BrN2O3. The lowest BCUT2D eigenvalue weighted by Crippen LogP contribution is -2.44. The summed E-state index contributed by atoms with van der Waals surface area (Å²) >= 11 is 3.35. The van der Waals surface area contributed by atoms with Crippen molar-refractivity contribution in [2.75, 3.05) is 0 Å². The Hall–Kier alpha value is -1.69. The van der Waals surface area contributed by atoms with Crippen LogP contribution in [0, 0.1) is 0 Å². The van der Waals surface area contributed by atoms with Gasteiger partial charge in [-0.2, -0.15) is 0 Å². The molecule has 22 heavy (non-hydrogen) atoms. The summed E-state index contributed by atoms with van der Waals surface area (Å²) in [6.45, 7) is 5.34. The van der Waals surface area contributed by atoms with Crippen LogP contribution in [0.3, 0.4) is 0 Å². The third-order valence-electron chi connectivity index (χ3n) is 3.78. The Labute approximate surface area is 138 Å². The molecular weight excluding hydrogens is 348 g/mol. The highest BCUT2D eigenvalue weighted by Crippen LogP contribution is 2.21. The number of halogens is 1. The molecule has 1 aromatic rings. The van der Waals surface area contributed by atoms with E-state index in [9.17, 15) is 14.4 Å². The zero-order valence-corrected chi connectivity index (χ0v) is 14.4. The summed E-state index contributed by atoms with van der Waals surface area (Å²) in [6, 6.07) is 6.51. The van der Waals surface area contributed by atoms with Crippen molar-refractivity contribution >= 4 is 33.7 Å². The Morgan fingerprint density at radius 3 is 2.32 bits per heavy atom. The second kappa shape index (κ2) is 6.60. The summed E-state index contributed by atoms with van der Waals surface area (Å²) in [5.74, 6) is -1.19. The van der Waals surface area contributed by atoms with Crippen molar-refractivity contribution in [3.05, 3.63) is 34.3 Å². The zero-order valence-electron chi connectivity index (χ0n) is 12.8. The van der Waals surface area contributed by atoms with Crippen LogP contribution >= 0.6 is 15.9 Å². The molecule has 1 N–H and O–H groups in total. The largest absolute Gasteiger partial charge is 0.343 e. The van der Waals surface area contributed by atoms with Crippen LogP contribution in [-0.2, 0) is 14.4 Å². The molecule has 5 nitrogen and oxygen atoms in total. The van der Waals surface area contributed by atoms with E-state index in [1.54, 1.807) is 20.8 Å². The zero-order chi connectivity index (χ0) is 16.4. The number of imide groups is 1. The fourth-order valence-electron chi connectivity index (χ4n) is 2.51. The first kappa shape index (κ1) is 16.7. The fourth-order valence-corrected chi connectivity index (χ4v) is 2.77. The van der Waals surface area contributed by atoms with Crippen LogP contribution in [0.15, 0.2) is 28.7 Å². The minimum atomic E-state index is -0.750. The van der Waals surface area contributed by atoms with Crippen molar-refractivity contribution in [1.29, 1.82) is 0 Å². The van der Waals surface area contributed by atoms with E-state index in [0.717, 1.165) is 10.0 Å². The minimum absolute atomic E-state index is 0.0375. The van der Waals surface area contributed by atoms with E-state index in [-0.39, 0.29) is 36.1 Å². The number of hydrogen-bond donors (Lipinski definition) is 1. The van der Waals surface area contributed by atoms with Crippen LogP contribution in [0.5, 0.6) is 0 Å². The van der Waals surface area contributed by atoms with Gasteiger partial charge in [0.25, 0.3) is 5.91 Å². The van der Waals surface area contributed by atoms with Crippen LogP contribution in [0.1, 0.15) is 38.7 Å². The van der Waals surface area contributed by atoms with E-state index in [0.29, 0.717) is 0 Å². The predicted octanol–water partition coefficient (Wildman–Crippen LogP) is 2.20. The third-order valence-corrected chi connectivity index (χ3v) is 4.31. The lowest BCUT2D eigenvalue weighted by Gasteiger charge is -2.20. The van der Waals surface area contributed by atoms with Gasteiger partial charge in [-0.3, -0.25) is 19.3 Å². The maximum absolute atomic E-state index is 12.3. The Kier molecular flexibility index (Phi) is 5.01. The lowest BCUT2D eigenvalue weighted by atomic mass is 10.00. The van der Waals surface area contributed by atoms with Gasteiger partial charge in [0.15, 0.2) is 0 Å². The van der Waals surface area contributed by atoms with Gasteiger partial charge in [-0.05, 0) is 38.5 Å². The molecule has 0 saturated carbocycles. The molecule has 0 spiro atoms. The highest BCUT2D eigenvalue weighted by molar-refractivity contribution is 9.10. The second-order valence-corrected chi connectivity index (χ2v) is 6.65. The highest BCUT2D eigenvalue weighted by Gasteiger charge is 2.41. The molecule has 1 fully saturated rings. The molecule has 0 bridgehead atoms. The fraction of sp³-hybridized carbons (Fsp3) is 0.438. The van der Waals surface area contributed by atoms with Crippen molar-refractivity contribution in [1.82, 2.24) is 10.2 Å². The standard InChI is InChI=1S/C16H19BrN2O3/c1-9(2)19-14(20)8-13(16(19)22)18-15(21)10(3)11-4-6-12(17)7-5-11/h4-7,9-10,13H,8H2,1-3H3,(H,18,21). The number of nitrogens with zero attached hydrogens (tertiary/aromatic N) is 1. The summed E-state index contributed by atoms with van der Waals surface area (Å²) in [4.78, 5) is 37.6. The van der Waals surface area contributed by atoms with E-state index in [1.165, 1.54) is 4.90 Å².